The van der Waals surface area contributed by atoms with E-state index in [2.05, 4.69) is 10.0 Å². The third-order valence-corrected chi connectivity index (χ3v) is 4.11. The van der Waals surface area contributed by atoms with Crippen LogP contribution in [-0.4, -0.2) is 19.6 Å². The Morgan fingerprint density at radius 3 is 2.46 bits per heavy atom. The van der Waals surface area contributed by atoms with Crippen LogP contribution in [0.25, 0.3) is 0 Å². The average Bonchev–Trinajstić information content (AvgIpc) is 2.49. The van der Waals surface area contributed by atoms with Crippen molar-refractivity contribution in [3.8, 4) is 0 Å². The summed E-state index contributed by atoms with van der Waals surface area (Å²) in [6.45, 7) is 3.61. The Labute approximate surface area is 140 Å². The number of para-hydroxylation sites is 1. The molecule has 0 saturated heterocycles. The standard InChI is InChI=1S/C16H19N3O4S/c1-11-8-9-13(10-15(11)18-24(3,22)23)17-12(2)14-6-4-5-7-16(14)19(20)21/h4-10,12,17-18H,1-3H3. The van der Waals surface area contributed by atoms with Crippen LogP contribution < -0.4 is 10.0 Å². The Kier molecular flexibility index (Phi) is 5.08. The van der Waals surface area contributed by atoms with Crippen molar-refractivity contribution in [1.29, 1.82) is 0 Å². The van der Waals surface area contributed by atoms with Crippen molar-refractivity contribution >= 4 is 27.1 Å². The summed E-state index contributed by atoms with van der Waals surface area (Å²) in [6.07, 6.45) is 1.09. The van der Waals surface area contributed by atoms with Crippen molar-refractivity contribution in [3.63, 3.8) is 0 Å². The van der Waals surface area contributed by atoms with Gasteiger partial charge in [-0.3, -0.25) is 14.8 Å². The molecule has 0 aliphatic carbocycles. The highest BCUT2D eigenvalue weighted by Crippen LogP contribution is 2.29. The van der Waals surface area contributed by atoms with Crippen LogP contribution in [0.1, 0.15) is 24.1 Å². The van der Waals surface area contributed by atoms with Gasteiger partial charge in [-0.1, -0.05) is 24.3 Å². The number of nitrogens with zero attached hydrogens (tertiary/aromatic N) is 1. The molecule has 2 aromatic carbocycles. The maximum absolute atomic E-state index is 11.4. The lowest BCUT2D eigenvalue weighted by molar-refractivity contribution is -0.385. The number of rotatable bonds is 6. The molecule has 0 aliphatic rings. The molecule has 2 aromatic rings. The summed E-state index contributed by atoms with van der Waals surface area (Å²) >= 11 is 0. The van der Waals surface area contributed by atoms with Crippen molar-refractivity contribution < 1.29 is 13.3 Å². The van der Waals surface area contributed by atoms with Crippen LogP contribution >= 0.6 is 0 Å². The molecule has 0 saturated carbocycles. The smallest absolute Gasteiger partial charge is 0.274 e. The first-order chi connectivity index (χ1) is 11.2. The number of nitro groups is 1. The molecule has 1 atom stereocenters. The molecule has 1 unspecified atom stereocenters. The normalized spacial score (nSPS) is 12.5. The monoisotopic (exact) mass is 349 g/mol. The first-order valence-electron chi connectivity index (χ1n) is 7.25. The van der Waals surface area contributed by atoms with E-state index in [-0.39, 0.29) is 11.7 Å². The number of sulfonamides is 1. The fourth-order valence-electron chi connectivity index (χ4n) is 2.37. The van der Waals surface area contributed by atoms with Crippen molar-refractivity contribution in [2.24, 2.45) is 0 Å². The Hall–Kier alpha value is -2.61. The van der Waals surface area contributed by atoms with Gasteiger partial charge in [0.1, 0.15) is 0 Å². The van der Waals surface area contributed by atoms with E-state index in [0.29, 0.717) is 16.9 Å². The average molecular weight is 349 g/mol. The number of benzene rings is 2. The Bertz CT molecular complexity index is 865. The zero-order valence-corrected chi connectivity index (χ0v) is 14.4. The summed E-state index contributed by atoms with van der Waals surface area (Å²) in [5, 5.41) is 14.3. The van der Waals surface area contributed by atoms with Crippen LogP contribution in [0.4, 0.5) is 17.1 Å². The van der Waals surface area contributed by atoms with Gasteiger partial charge in [0.2, 0.25) is 10.0 Å². The molecular weight excluding hydrogens is 330 g/mol. The maximum atomic E-state index is 11.4. The third-order valence-electron chi connectivity index (χ3n) is 3.52. The van der Waals surface area contributed by atoms with E-state index in [1.807, 2.05) is 6.92 Å². The minimum absolute atomic E-state index is 0.0408. The molecule has 0 fully saturated rings. The van der Waals surface area contributed by atoms with E-state index >= 15 is 0 Å². The minimum atomic E-state index is -3.38. The van der Waals surface area contributed by atoms with Gasteiger partial charge in [-0.15, -0.1) is 0 Å². The highest BCUT2D eigenvalue weighted by atomic mass is 32.2. The highest BCUT2D eigenvalue weighted by Gasteiger charge is 2.18. The van der Waals surface area contributed by atoms with E-state index in [1.54, 1.807) is 43.3 Å². The fraction of sp³-hybridized carbons (Fsp3) is 0.250. The number of nitrogens with one attached hydrogen (secondary N) is 2. The molecule has 7 nitrogen and oxygen atoms in total. The van der Waals surface area contributed by atoms with Crippen molar-refractivity contribution in [3.05, 3.63) is 63.7 Å². The van der Waals surface area contributed by atoms with E-state index in [1.165, 1.54) is 6.07 Å². The lowest BCUT2D eigenvalue weighted by Crippen LogP contribution is -2.12. The SMILES string of the molecule is Cc1ccc(NC(C)c2ccccc2[N+](=O)[O-])cc1NS(C)(=O)=O. The maximum Gasteiger partial charge on any atom is 0.274 e. The number of hydrogen-bond acceptors (Lipinski definition) is 5. The van der Waals surface area contributed by atoms with Crippen LogP contribution in [0, 0.1) is 17.0 Å². The van der Waals surface area contributed by atoms with Gasteiger partial charge in [-0.2, -0.15) is 0 Å². The lowest BCUT2D eigenvalue weighted by atomic mass is 10.1. The zero-order chi connectivity index (χ0) is 17.9. The largest absolute Gasteiger partial charge is 0.378 e. The van der Waals surface area contributed by atoms with Gasteiger partial charge >= 0.3 is 0 Å². The Balaban J connectivity index is 2.28. The summed E-state index contributed by atoms with van der Waals surface area (Å²) in [5.74, 6) is 0. The molecule has 0 radical (unpaired) electrons. The molecule has 2 rings (SSSR count). The molecule has 0 aliphatic heterocycles. The molecule has 24 heavy (non-hydrogen) atoms. The first kappa shape index (κ1) is 17.7. The second kappa shape index (κ2) is 6.88. The molecule has 0 bridgehead atoms. The first-order valence-corrected chi connectivity index (χ1v) is 9.15. The van der Waals surface area contributed by atoms with Crippen LogP contribution in [0.5, 0.6) is 0 Å². The van der Waals surface area contributed by atoms with Gasteiger partial charge in [0.05, 0.1) is 28.5 Å². The molecule has 8 heteroatoms. The van der Waals surface area contributed by atoms with Gasteiger partial charge in [0, 0.05) is 11.8 Å². The number of hydrogen-bond donors (Lipinski definition) is 2. The third kappa shape index (κ3) is 4.45. The van der Waals surface area contributed by atoms with Gasteiger partial charge in [0.25, 0.3) is 5.69 Å². The zero-order valence-electron chi connectivity index (χ0n) is 13.6. The van der Waals surface area contributed by atoms with E-state index < -0.39 is 14.9 Å². The predicted octanol–water partition coefficient (Wildman–Crippen LogP) is 3.45. The van der Waals surface area contributed by atoms with Crippen LogP contribution in [0.2, 0.25) is 0 Å². The van der Waals surface area contributed by atoms with E-state index in [9.17, 15) is 18.5 Å². The van der Waals surface area contributed by atoms with Crippen molar-refractivity contribution in [2.45, 2.75) is 19.9 Å². The number of nitro benzene ring substituents is 1. The number of aryl methyl sites for hydroxylation is 1. The molecule has 2 N–H and O–H groups in total. The Morgan fingerprint density at radius 1 is 1.17 bits per heavy atom. The van der Waals surface area contributed by atoms with E-state index in [4.69, 9.17) is 0 Å². The summed E-state index contributed by atoms with van der Waals surface area (Å²) in [4.78, 5) is 10.7. The van der Waals surface area contributed by atoms with Crippen LogP contribution in [0.15, 0.2) is 42.5 Å². The molecule has 0 spiro atoms. The fourth-order valence-corrected chi connectivity index (χ4v) is 2.99. The summed E-state index contributed by atoms with van der Waals surface area (Å²) < 4.78 is 25.3. The van der Waals surface area contributed by atoms with Crippen LogP contribution in [-0.2, 0) is 10.0 Å². The topological polar surface area (TPSA) is 101 Å². The van der Waals surface area contributed by atoms with Gasteiger partial charge < -0.3 is 5.32 Å². The van der Waals surface area contributed by atoms with Crippen molar-refractivity contribution in [2.75, 3.05) is 16.3 Å². The molecule has 0 amide bonds. The summed E-state index contributed by atoms with van der Waals surface area (Å²) in [6, 6.07) is 11.4. The highest BCUT2D eigenvalue weighted by molar-refractivity contribution is 7.92. The molecular formula is C16H19N3O4S. The van der Waals surface area contributed by atoms with Gasteiger partial charge in [-0.05, 0) is 31.5 Å². The lowest BCUT2D eigenvalue weighted by Gasteiger charge is -2.17. The van der Waals surface area contributed by atoms with Crippen molar-refractivity contribution in [1.82, 2.24) is 0 Å². The summed E-state index contributed by atoms with van der Waals surface area (Å²) in [7, 11) is -3.38. The molecule has 0 heterocycles. The molecule has 0 aromatic heterocycles. The second-order valence-corrected chi connectivity index (χ2v) is 7.33. The Morgan fingerprint density at radius 2 is 1.83 bits per heavy atom. The minimum Gasteiger partial charge on any atom is -0.378 e. The number of anilines is 2. The van der Waals surface area contributed by atoms with Crippen LogP contribution in [0.3, 0.4) is 0 Å². The quantitative estimate of drug-likeness (QED) is 0.614. The van der Waals surface area contributed by atoms with Gasteiger partial charge in [-0.25, -0.2) is 8.42 Å². The predicted molar refractivity (Wildman–Crippen MR) is 94.8 cm³/mol. The summed E-state index contributed by atoms with van der Waals surface area (Å²) in [5.41, 5.74) is 2.51. The molecule has 128 valence electrons. The van der Waals surface area contributed by atoms with Gasteiger partial charge in [0.15, 0.2) is 0 Å². The van der Waals surface area contributed by atoms with E-state index in [0.717, 1.165) is 11.8 Å². The second-order valence-electron chi connectivity index (χ2n) is 5.59.